The summed E-state index contributed by atoms with van der Waals surface area (Å²) in [6.07, 6.45) is 1.69. The zero-order valence-electron chi connectivity index (χ0n) is 13.5. The highest BCUT2D eigenvalue weighted by Crippen LogP contribution is 2.25. The molecular formula is C18H15N5O2. The maximum absolute atomic E-state index is 12.0. The summed E-state index contributed by atoms with van der Waals surface area (Å²) >= 11 is 0. The first-order chi connectivity index (χ1) is 12.2. The summed E-state index contributed by atoms with van der Waals surface area (Å²) < 4.78 is 4.72. The summed E-state index contributed by atoms with van der Waals surface area (Å²) in [6, 6.07) is 14.8. The van der Waals surface area contributed by atoms with E-state index in [9.17, 15) is 10.1 Å². The summed E-state index contributed by atoms with van der Waals surface area (Å²) in [5.74, 6) is -1.47. The van der Waals surface area contributed by atoms with Crippen LogP contribution in [0, 0.1) is 11.3 Å². The molecule has 1 atom stereocenters. The van der Waals surface area contributed by atoms with Gasteiger partial charge in [-0.05, 0) is 24.3 Å². The second kappa shape index (κ2) is 7.36. The number of pyridine rings is 1. The number of hydrogen-bond acceptors (Lipinski definition) is 7. The van der Waals surface area contributed by atoms with Gasteiger partial charge in [0.2, 0.25) is 0 Å². The summed E-state index contributed by atoms with van der Waals surface area (Å²) in [5.41, 5.74) is 2.31. The second-order valence-electron chi connectivity index (χ2n) is 5.21. The van der Waals surface area contributed by atoms with Gasteiger partial charge in [0.25, 0.3) is 0 Å². The van der Waals surface area contributed by atoms with Crippen molar-refractivity contribution in [2.45, 2.75) is 12.5 Å². The number of benzene rings is 1. The fraction of sp³-hybridized carbons (Fsp3) is 0.167. The van der Waals surface area contributed by atoms with E-state index in [0.717, 1.165) is 5.69 Å². The van der Waals surface area contributed by atoms with E-state index in [0.29, 0.717) is 23.4 Å². The SMILES string of the molecule is COC(=O)C(C#N)c1nc2ccccc2nc1NCc1ccccn1. The van der Waals surface area contributed by atoms with Gasteiger partial charge in [0, 0.05) is 6.20 Å². The van der Waals surface area contributed by atoms with E-state index in [1.54, 1.807) is 12.3 Å². The Hall–Kier alpha value is -3.53. The normalized spacial score (nSPS) is 11.5. The maximum atomic E-state index is 12.0. The molecule has 3 aromatic rings. The van der Waals surface area contributed by atoms with Crippen molar-refractivity contribution in [3.8, 4) is 6.07 Å². The molecule has 1 N–H and O–H groups in total. The minimum atomic E-state index is -1.16. The lowest BCUT2D eigenvalue weighted by Crippen LogP contribution is -2.17. The highest BCUT2D eigenvalue weighted by Gasteiger charge is 2.27. The molecule has 0 spiro atoms. The quantitative estimate of drug-likeness (QED) is 0.715. The minimum Gasteiger partial charge on any atom is -0.468 e. The number of nitriles is 1. The Morgan fingerprint density at radius 3 is 2.56 bits per heavy atom. The lowest BCUT2D eigenvalue weighted by molar-refractivity contribution is -0.141. The number of nitrogens with one attached hydrogen (secondary N) is 1. The molecule has 7 nitrogen and oxygen atoms in total. The Bertz CT molecular complexity index is 937. The maximum Gasteiger partial charge on any atom is 0.329 e. The molecule has 0 saturated heterocycles. The Balaban J connectivity index is 2.03. The molecule has 1 aromatic carbocycles. The number of methoxy groups -OCH3 is 1. The fourth-order valence-electron chi connectivity index (χ4n) is 2.37. The molecule has 2 aromatic heterocycles. The van der Waals surface area contributed by atoms with Gasteiger partial charge < -0.3 is 10.1 Å². The third-order valence-electron chi connectivity index (χ3n) is 3.60. The molecule has 0 amide bonds. The van der Waals surface area contributed by atoms with Crippen LogP contribution in [0.2, 0.25) is 0 Å². The van der Waals surface area contributed by atoms with Crippen LogP contribution in [-0.4, -0.2) is 28.0 Å². The molecule has 124 valence electrons. The first-order valence-electron chi connectivity index (χ1n) is 7.61. The molecular weight excluding hydrogens is 318 g/mol. The average molecular weight is 333 g/mol. The Labute approximate surface area is 144 Å². The molecule has 2 heterocycles. The fourth-order valence-corrected chi connectivity index (χ4v) is 2.37. The average Bonchev–Trinajstić information content (AvgIpc) is 2.67. The van der Waals surface area contributed by atoms with Crippen LogP contribution in [0.3, 0.4) is 0 Å². The van der Waals surface area contributed by atoms with E-state index < -0.39 is 11.9 Å². The molecule has 0 saturated carbocycles. The van der Waals surface area contributed by atoms with Gasteiger partial charge >= 0.3 is 5.97 Å². The number of ether oxygens (including phenoxy) is 1. The Morgan fingerprint density at radius 2 is 1.92 bits per heavy atom. The minimum absolute atomic E-state index is 0.240. The first-order valence-corrected chi connectivity index (χ1v) is 7.61. The van der Waals surface area contributed by atoms with E-state index in [2.05, 4.69) is 20.3 Å². The van der Waals surface area contributed by atoms with Crippen LogP contribution in [-0.2, 0) is 16.1 Å². The zero-order valence-corrected chi connectivity index (χ0v) is 13.5. The van der Waals surface area contributed by atoms with Crippen molar-refractivity contribution in [3.63, 3.8) is 0 Å². The van der Waals surface area contributed by atoms with Gasteiger partial charge in [-0.3, -0.25) is 9.78 Å². The van der Waals surface area contributed by atoms with Crippen molar-refractivity contribution < 1.29 is 9.53 Å². The number of esters is 1. The van der Waals surface area contributed by atoms with Crippen LogP contribution in [0.5, 0.6) is 0 Å². The molecule has 0 fully saturated rings. The highest BCUT2D eigenvalue weighted by molar-refractivity contribution is 5.84. The van der Waals surface area contributed by atoms with Gasteiger partial charge in [-0.1, -0.05) is 18.2 Å². The number of carbonyl (C=O) groups excluding carboxylic acids is 1. The molecule has 0 aliphatic carbocycles. The molecule has 1 unspecified atom stereocenters. The molecule has 0 aliphatic heterocycles. The van der Waals surface area contributed by atoms with Crippen molar-refractivity contribution in [2.75, 3.05) is 12.4 Å². The van der Waals surface area contributed by atoms with Crippen molar-refractivity contribution >= 4 is 22.8 Å². The number of aromatic nitrogens is 3. The Morgan fingerprint density at radius 1 is 1.20 bits per heavy atom. The monoisotopic (exact) mass is 333 g/mol. The molecule has 25 heavy (non-hydrogen) atoms. The van der Waals surface area contributed by atoms with E-state index in [1.165, 1.54) is 7.11 Å². The largest absolute Gasteiger partial charge is 0.468 e. The lowest BCUT2D eigenvalue weighted by atomic mass is 10.1. The predicted molar refractivity (Wildman–Crippen MR) is 91.5 cm³/mol. The van der Waals surface area contributed by atoms with Crippen LogP contribution in [0.15, 0.2) is 48.7 Å². The van der Waals surface area contributed by atoms with Crippen LogP contribution >= 0.6 is 0 Å². The van der Waals surface area contributed by atoms with E-state index in [4.69, 9.17) is 4.74 Å². The number of para-hydroxylation sites is 2. The van der Waals surface area contributed by atoms with Gasteiger partial charge in [0.1, 0.15) is 5.69 Å². The number of nitrogens with zero attached hydrogens (tertiary/aromatic N) is 4. The number of anilines is 1. The number of fused-ring (bicyclic) bond motifs is 1. The Kier molecular flexibility index (Phi) is 4.81. The zero-order chi connectivity index (χ0) is 17.6. The topological polar surface area (TPSA) is 101 Å². The molecule has 7 heteroatoms. The van der Waals surface area contributed by atoms with Gasteiger partial charge in [0.15, 0.2) is 11.7 Å². The molecule has 0 aliphatic rings. The summed E-state index contributed by atoms with van der Waals surface area (Å²) in [5, 5.41) is 12.5. The number of rotatable bonds is 5. The van der Waals surface area contributed by atoms with Gasteiger partial charge in [-0.15, -0.1) is 0 Å². The van der Waals surface area contributed by atoms with Crippen molar-refractivity contribution in [3.05, 3.63) is 60.0 Å². The van der Waals surface area contributed by atoms with Gasteiger partial charge in [-0.2, -0.15) is 5.26 Å². The smallest absolute Gasteiger partial charge is 0.329 e. The number of carbonyl (C=O) groups is 1. The van der Waals surface area contributed by atoms with E-state index >= 15 is 0 Å². The summed E-state index contributed by atoms with van der Waals surface area (Å²) in [4.78, 5) is 25.2. The van der Waals surface area contributed by atoms with E-state index in [-0.39, 0.29) is 5.69 Å². The summed E-state index contributed by atoms with van der Waals surface area (Å²) in [6.45, 7) is 0.389. The van der Waals surface area contributed by atoms with Crippen LogP contribution in [0.4, 0.5) is 5.82 Å². The van der Waals surface area contributed by atoms with Crippen molar-refractivity contribution in [1.29, 1.82) is 5.26 Å². The first kappa shape index (κ1) is 16.3. The summed E-state index contributed by atoms with van der Waals surface area (Å²) in [7, 11) is 1.24. The third kappa shape index (κ3) is 3.53. The van der Waals surface area contributed by atoms with Crippen LogP contribution in [0.25, 0.3) is 11.0 Å². The van der Waals surface area contributed by atoms with Crippen molar-refractivity contribution in [1.82, 2.24) is 15.0 Å². The standard InChI is InChI=1S/C18H15N5O2/c1-25-18(24)13(10-19)16-17(21-11-12-6-4-5-9-20-12)23-15-8-3-2-7-14(15)22-16/h2-9,13H,11H2,1H3,(H,21,23). The lowest BCUT2D eigenvalue weighted by Gasteiger charge is -2.14. The highest BCUT2D eigenvalue weighted by atomic mass is 16.5. The number of hydrogen-bond donors (Lipinski definition) is 1. The van der Waals surface area contributed by atoms with Crippen LogP contribution in [0.1, 0.15) is 17.3 Å². The predicted octanol–water partition coefficient (Wildman–Crippen LogP) is 2.42. The van der Waals surface area contributed by atoms with E-state index in [1.807, 2.05) is 42.5 Å². The molecule has 0 radical (unpaired) electrons. The van der Waals surface area contributed by atoms with Gasteiger partial charge in [0.05, 0.1) is 36.5 Å². The van der Waals surface area contributed by atoms with Crippen molar-refractivity contribution in [2.24, 2.45) is 0 Å². The second-order valence-corrected chi connectivity index (χ2v) is 5.21. The molecule has 3 rings (SSSR count). The van der Waals surface area contributed by atoms with Crippen LogP contribution < -0.4 is 5.32 Å². The van der Waals surface area contributed by atoms with Gasteiger partial charge in [-0.25, -0.2) is 9.97 Å². The molecule has 0 bridgehead atoms. The third-order valence-corrected chi connectivity index (χ3v) is 3.60.